The number of carbonyl (C=O) groups excluding carboxylic acids is 3. The molecule has 43 heavy (non-hydrogen) atoms. The molecule has 14 heteroatoms. The molecule has 0 saturated heterocycles. The third-order valence-corrected chi connectivity index (χ3v) is 7.34. The summed E-state index contributed by atoms with van der Waals surface area (Å²) in [4.78, 5) is 49.8. The molecule has 0 heterocycles. The summed E-state index contributed by atoms with van der Waals surface area (Å²) in [7, 11) is 0. The van der Waals surface area contributed by atoms with Crippen molar-refractivity contribution in [2.75, 3.05) is 6.54 Å². The van der Waals surface area contributed by atoms with E-state index in [2.05, 4.69) is 21.3 Å². The molecule has 3 aromatic carbocycles. The highest BCUT2D eigenvalue weighted by atomic mass is 35.5. The van der Waals surface area contributed by atoms with Gasteiger partial charge in [-0.1, -0.05) is 59.6 Å². The number of carboxylic acids is 1. The Morgan fingerprint density at radius 3 is 2.30 bits per heavy atom. The quantitative estimate of drug-likeness (QED) is 0.222. The van der Waals surface area contributed by atoms with Crippen molar-refractivity contribution in [2.45, 2.75) is 37.6 Å². The minimum Gasteiger partial charge on any atom is -0.480 e. The highest BCUT2D eigenvalue weighted by molar-refractivity contribution is 6.40. The number of rotatable bonds is 9. The lowest BCUT2D eigenvalue weighted by atomic mass is 10.1. The summed E-state index contributed by atoms with van der Waals surface area (Å²) < 4.78 is 38.8. The molecule has 5 N–H and O–H groups in total. The number of benzene rings is 3. The smallest absolute Gasteiger partial charge is 0.416 e. The van der Waals surface area contributed by atoms with Crippen molar-refractivity contribution in [3.05, 3.63) is 104 Å². The van der Waals surface area contributed by atoms with Gasteiger partial charge in [-0.2, -0.15) is 13.2 Å². The fourth-order valence-electron chi connectivity index (χ4n) is 4.60. The molecule has 0 bridgehead atoms. The number of aliphatic carboxylic acids is 1. The molecule has 1 aliphatic rings. The predicted molar refractivity (Wildman–Crippen MR) is 152 cm³/mol. The molecule has 0 spiro atoms. The minimum absolute atomic E-state index is 0.0832. The molecule has 4 rings (SSSR count). The van der Waals surface area contributed by atoms with E-state index in [-0.39, 0.29) is 39.3 Å². The second-order valence-electron chi connectivity index (χ2n) is 9.70. The zero-order chi connectivity index (χ0) is 31.3. The number of aryl methyl sites for hydroxylation is 1. The number of halogens is 5. The first-order valence-corrected chi connectivity index (χ1v) is 13.7. The van der Waals surface area contributed by atoms with Gasteiger partial charge in [0.25, 0.3) is 11.8 Å². The number of fused-ring (bicyclic) bond motifs is 1. The fourth-order valence-corrected chi connectivity index (χ4v) is 5.26. The Bertz CT molecular complexity index is 1540. The molecule has 2 unspecified atom stereocenters. The molecule has 0 saturated carbocycles. The van der Waals surface area contributed by atoms with Crippen LogP contribution in [0.5, 0.6) is 0 Å². The summed E-state index contributed by atoms with van der Waals surface area (Å²) in [6.07, 6.45) is -3.04. The minimum atomic E-state index is -4.54. The maximum Gasteiger partial charge on any atom is 0.416 e. The second-order valence-corrected chi connectivity index (χ2v) is 10.5. The SMILES string of the molecule is O=C(NCC(NC(=O)c1c(Cl)cc(C(=O)NCc2cccc(C(F)(F)F)c2)cc1Cl)C(=O)O)NC1CCc2ccccc21. The van der Waals surface area contributed by atoms with Crippen LogP contribution in [0.25, 0.3) is 0 Å². The fraction of sp³-hybridized carbons (Fsp3) is 0.241. The van der Waals surface area contributed by atoms with E-state index in [1.54, 1.807) is 0 Å². The van der Waals surface area contributed by atoms with E-state index >= 15 is 0 Å². The van der Waals surface area contributed by atoms with Crippen molar-refractivity contribution in [1.29, 1.82) is 0 Å². The molecule has 1 aliphatic carbocycles. The van der Waals surface area contributed by atoms with Crippen LogP contribution in [0.4, 0.5) is 18.0 Å². The van der Waals surface area contributed by atoms with Gasteiger partial charge >= 0.3 is 18.2 Å². The third-order valence-electron chi connectivity index (χ3n) is 6.75. The normalized spacial score (nSPS) is 14.8. The number of hydrogen-bond donors (Lipinski definition) is 5. The van der Waals surface area contributed by atoms with E-state index in [0.717, 1.165) is 41.8 Å². The lowest BCUT2D eigenvalue weighted by Gasteiger charge is -2.19. The van der Waals surface area contributed by atoms with Crippen LogP contribution in [0.2, 0.25) is 10.0 Å². The Labute approximate surface area is 253 Å². The van der Waals surface area contributed by atoms with Gasteiger partial charge in [0.15, 0.2) is 0 Å². The van der Waals surface area contributed by atoms with Crippen LogP contribution in [-0.4, -0.2) is 41.5 Å². The van der Waals surface area contributed by atoms with Crippen molar-refractivity contribution >= 4 is 47.0 Å². The highest BCUT2D eigenvalue weighted by Gasteiger charge is 2.30. The molecule has 0 radical (unpaired) electrons. The number of carbonyl (C=O) groups is 4. The van der Waals surface area contributed by atoms with Crippen molar-refractivity contribution in [1.82, 2.24) is 21.3 Å². The number of urea groups is 1. The van der Waals surface area contributed by atoms with E-state index in [9.17, 15) is 37.5 Å². The monoisotopic (exact) mass is 636 g/mol. The number of alkyl halides is 3. The second kappa shape index (κ2) is 13.3. The van der Waals surface area contributed by atoms with Gasteiger partial charge in [0, 0.05) is 12.1 Å². The van der Waals surface area contributed by atoms with Crippen LogP contribution in [0.1, 0.15) is 55.4 Å². The number of hydrogen-bond acceptors (Lipinski definition) is 4. The molecule has 2 atom stereocenters. The summed E-state index contributed by atoms with van der Waals surface area (Å²) in [5, 5.41) is 19.0. The number of carboxylic acid groups (broad SMARTS) is 1. The number of nitrogens with one attached hydrogen (secondary N) is 4. The Hall–Kier alpha value is -4.29. The molecular formula is C29H25Cl2F3N4O5. The molecule has 0 fully saturated rings. The van der Waals surface area contributed by atoms with E-state index in [1.165, 1.54) is 12.1 Å². The molecule has 0 aromatic heterocycles. The first kappa shape index (κ1) is 31.6. The third kappa shape index (κ3) is 7.96. The number of amides is 4. The van der Waals surface area contributed by atoms with Crippen molar-refractivity contribution in [2.24, 2.45) is 0 Å². The molecule has 0 aliphatic heterocycles. The van der Waals surface area contributed by atoms with Gasteiger partial charge in [-0.15, -0.1) is 0 Å². The van der Waals surface area contributed by atoms with E-state index in [0.29, 0.717) is 6.42 Å². The topological polar surface area (TPSA) is 137 Å². The van der Waals surface area contributed by atoms with Crippen LogP contribution < -0.4 is 21.3 Å². The molecular weight excluding hydrogens is 612 g/mol. The zero-order valence-electron chi connectivity index (χ0n) is 22.2. The van der Waals surface area contributed by atoms with Crippen LogP contribution in [0.15, 0.2) is 60.7 Å². The molecule has 3 aromatic rings. The van der Waals surface area contributed by atoms with Crippen LogP contribution in [0.3, 0.4) is 0 Å². The van der Waals surface area contributed by atoms with Crippen molar-refractivity contribution in [3.8, 4) is 0 Å². The first-order chi connectivity index (χ1) is 20.3. The zero-order valence-corrected chi connectivity index (χ0v) is 23.7. The van der Waals surface area contributed by atoms with Crippen molar-refractivity contribution in [3.63, 3.8) is 0 Å². The summed E-state index contributed by atoms with van der Waals surface area (Å²) in [6.45, 7) is -0.680. The molecule has 226 valence electrons. The van der Waals surface area contributed by atoms with Gasteiger partial charge in [0.05, 0.1) is 33.8 Å². The Morgan fingerprint density at radius 2 is 1.63 bits per heavy atom. The summed E-state index contributed by atoms with van der Waals surface area (Å²) in [6, 6.07) is 11.9. The maximum absolute atomic E-state index is 12.9. The van der Waals surface area contributed by atoms with E-state index in [1.807, 2.05) is 24.3 Å². The summed E-state index contributed by atoms with van der Waals surface area (Å²) in [5.74, 6) is -3.13. The van der Waals surface area contributed by atoms with Gasteiger partial charge in [-0.25, -0.2) is 9.59 Å². The average molecular weight is 637 g/mol. The van der Waals surface area contributed by atoms with Crippen LogP contribution in [-0.2, 0) is 23.9 Å². The van der Waals surface area contributed by atoms with Gasteiger partial charge in [-0.05, 0) is 53.8 Å². The van der Waals surface area contributed by atoms with E-state index in [4.69, 9.17) is 23.2 Å². The highest BCUT2D eigenvalue weighted by Crippen LogP contribution is 2.31. The predicted octanol–water partition coefficient (Wildman–Crippen LogP) is 5.11. The van der Waals surface area contributed by atoms with Gasteiger partial charge in [0.1, 0.15) is 6.04 Å². The van der Waals surface area contributed by atoms with E-state index < -0.39 is 48.1 Å². The van der Waals surface area contributed by atoms with Crippen LogP contribution >= 0.6 is 23.2 Å². The Kier molecular flexibility index (Phi) is 9.82. The first-order valence-electron chi connectivity index (χ1n) is 12.9. The Morgan fingerprint density at radius 1 is 0.930 bits per heavy atom. The summed E-state index contributed by atoms with van der Waals surface area (Å²) in [5.41, 5.74) is 1.05. The maximum atomic E-state index is 12.9. The standard InChI is InChI=1S/C29H25Cl2F3N4O5/c30-20-11-17(25(39)35-13-15-4-3-6-18(10-15)29(32,33)34)12-21(31)24(20)26(40)37-23(27(41)42)14-36-28(43)38-22-9-8-16-5-1-2-7-19(16)22/h1-7,10-12,22-23H,8-9,13-14H2,(H,35,39)(H,37,40)(H,41,42)(H2,36,38,43). The molecule has 9 nitrogen and oxygen atoms in total. The lowest BCUT2D eigenvalue weighted by molar-refractivity contribution is -0.139. The van der Waals surface area contributed by atoms with Gasteiger partial charge in [0.2, 0.25) is 0 Å². The van der Waals surface area contributed by atoms with Gasteiger partial charge < -0.3 is 26.4 Å². The summed E-state index contributed by atoms with van der Waals surface area (Å²) >= 11 is 12.4. The largest absolute Gasteiger partial charge is 0.480 e. The van der Waals surface area contributed by atoms with Crippen LogP contribution in [0, 0.1) is 0 Å². The Balaban J connectivity index is 1.35. The average Bonchev–Trinajstić information content (AvgIpc) is 3.35. The lowest BCUT2D eigenvalue weighted by Crippen LogP contribution is -2.50. The van der Waals surface area contributed by atoms with Crippen molar-refractivity contribution < 1.29 is 37.5 Å². The molecule has 4 amide bonds. The van der Waals surface area contributed by atoms with Gasteiger partial charge in [-0.3, -0.25) is 9.59 Å².